The van der Waals surface area contributed by atoms with Crippen LogP contribution in [0.25, 0.3) is 11.4 Å². The lowest BCUT2D eigenvalue weighted by molar-refractivity contribution is -0.133. The summed E-state index contributed by atoms with van der Waals surface area (Å²) in [4.78, 5) is 10.6. The number of aromatic nitrogens is 3. The number of fused-ring (bicyclic) bond motifs is 1. The second-order valence-corrected chi connectivity index (χ2v) is 5.64. The van der Waals surface area contributed by atoms with Gasteiger partial charge in [-0.3, -0.25) is 4.79 Å². The van der Waals surface area contributed by atoms with Gasteiger partial charge in [-0.2, -0.15) is 0 Å². The number of nitrogens with two attached hydrogens (primary N) is 1. The minimum Gasteiger partial charge on any atom is -0.481 e. The van der Waals surface area contributed by atoms with Crippen molar-refractivity contribution in [3.8, 4) is 11.4 Å². The van der Waals surface area contributed by atoms with E-state index in [1.807, 2.05) is 6.07 Å². The van der Waals surface area contributed by atoms with Gasteiger partial charge in [0.05, 0.1) is 5.75 Å². The lowest BCUT2D eigenvalue weighted by atomic mass is 10.1. The molecule has 7 heteroatoms. The summed E-state index contributed by atoms with van der Waals surface area (Å²) in [7, 11) is 0. The molecule has 104 valence electrons. The molecule has 3 rings (SSSR count). The van der Waals surface area contributed by atoms with E-state index in [1.54, 1.807) is 0 Å². The quantitative estimate of drug-likeness (QED) is 0.651. The average Bonchev–Trinajstić information content (AvgIpc) is 3.02. The number of benzene rings is 1. The third-order valence-corrected chi connectivity index (χ3v) is 4.27. The monoisotopic (exact) mass is 290 g/mol. The van der Waals surface area contributed by atoms with Crippen molar-refractivity contribution in [1.82, 2.24) is 14.9 Å². The first kappa shape index (κ1) is 13.0. The van der Waals surface area contributed by atoms with Gasteiger partial charge in [0.1, 0.15) is 0 Å². The Morgan fingerprint density at radius 1 is 1.35 bits per heavy atom. The molecule has 1 aliphatic rings. The van der Waals surface area contributed by atoms with Crippen molar-refractivity contribution in [2.24, 2.45) is 0 Å². The Balaban J connectivity index is 1.89. The third-order valence-electron chi connectivity index (χ3n) is 3.35. The van der Waals surface area contributed by atoms with Crippen LogP contribution in [-0.4, -0.2) is 31.7 Å². The fourth-order valence-electron chi connectivity index (χ4n) is 2.41. The summed E-state index contributed by atoms with van der Waals surface area (Å²) in [5.41, 5.74) is 3.64. The molecule has 1 heterocycles. The van der Waals surface area contributed by atoms with Crippen LogP contribution < -0.4 is 5.84 Å². The van der Waals surface area contributed by atoms with E-state index in [-0.39, 0.29) is 5.75 Å². The fourth-order valence-corrected chi connectivity index (χ4v) is 2.99. The van der Waals surface area contributed by atoms with E-state index >= 15 is 0 Å². The molecule has 6 nitrogen and oxygen atoms in total. The average molecular weight is 290 g/mol. The molecule has 0 saturated carbocycles. The van der Waals surface area contributed by atoms with Gasteiger partial charge < -0.3 is 10.9 Å². The first-order valence-corrected chi connectivity index (χ1v) is 7.31. The Morgan fingerprint density at radius 3 is 2.95 bits per heavy atom. The standard InChI is InChI=1S/C13H14N4O2S/c14-17-12(15-16-13(17)20-7-11(18)19)10-5-4-8-2-1-3-9(8)6-10/h4-6H,1-3,7,14H2,(H,18,19). The predicted octanol–water partition coefficient (Wildman–Crippen LogP) is 1.32. The van der Waals surface area contributed by atoms with Gasteiger partial charge in [0.2, 0.25) is 5.16 Å². The summed E-state index contributed by atoms with van der Waals surface area (Å²) in [5.74, 6) is 5.52. The van der Waals surface area contributed by atoms with Gasteiger partial charge in [0.25, 0.3) is 0 Å². The molecule has 20 heavy (non-hydrogen) atoms. The van der Waals surface area contributed by atoms with Gasteiger partial charge in [-0.1, -0.05) is 23.9 Å². The van der Waals surface area contributed by atoms with Crippen LogP contribution in [0.5, 0.6) is 0 Å². The molecule has 0 fully saturated rings. The summed E-state index contributed by atoms with van der Waals surface area (Å²) < 4.78 is 1.35. The predicted molar refractivity (Wildman–Crippen MR) is 76.0 cm³/mol. The van der Waals surface area contributed by atoms with Crippen molar-refractivity contribution in [3.05, 3.63) is 29.3 Å². The number of aryl methyl sites for hydroxylation is 2. The second kappa shape index (κ2) is 5.16. The summed E-state index contributed by atoms with van der Waals surface area (Å²) in [6.45, 7) is 0. The number of carbonyl (C=O) groups is 1. The Bertz CT molecular complexity index is 668. The van der Waals surface area contributed by atoms with Crippen molar-refractivity contribution in [2.75, 3.05) is 11.6 Å². The van der Waals surface area contributed by atoms with Crippen molar-refractivity contribution < 1.29 is 9.90 Å². The smallest absolute Gasteiger partial charge is 0.313 e. The van der Waals surface area contributed by atoms with Gasteiger partial charge in [-0.05, 0) is 36.5 Å². The van der Waals surface area contributed by atoms with E-state index < -0.39 is 5.97 Å². The molecule has 0 amide bonds. The van der Waals surface area contributed by atoms with Gasteiger partial charge >= 0.3 is 5.97 Å². The molecule has 1 aromatic heterocycles. The number of nitrogen functional groups attached to an aromatic ring is 1. The highest BCUT2D eigenvalue weighted by Crippen LogP contribution is 2.28. The molecule has 0 bridgehead atoms. The van der Waals surface area contributed by atoms with Crippen molar-refractivity contribution in [2.45, 2.75) is 24.4 Å². The number of hydrogen-bond donors (Lipinski definition) is 2. The van der Waals surface area contributed by atoms with Crippen LogP contribution in [0, 0.1) is 0 Å². The lowest BCUT2D eigenvalue weighted by Crippen LogP contribution is -2.12. The first-order chi connectivity index (χ1) is 9.65. The number of rotatable bonds is 4. The molecule has 0 aliphatic heterocycles. The molecular formula is C13H14N4O2S. The highest BCUT2D eigenvalue weighted by molar-refractivity contribution is 7.99. The first-order valence-electron chi connectivity index (χ1n) is 6.32. The van der Waals surface area contributed by atoms with E-state index in [0.29, 0.717) is 11.0 Å². The minimum absolute atomic E-state index is 0.0838. The van der Waals surface area contributed by atoms with Crippen LogP contribution in [0.4, 0.5) is 0 Å². The van der Waals surface area contributed by atoms with Crippen molar-refractivity contribution in [1.29, 1.82) is 0 Å². The van der Waals surface area contributed by atoms with E-state index in [1.165, 1.54) is 22.2 Å². The molecule has 1 aromatic carbocycles. The minimum atomic E-state index is -0.905. The molecule has 3 N–H and O–H groups in total. The van der Waals surface area contributed by atoms with Crippen molar-refractivity contribution in [3.63, 3.8) is 0 Å². The fraction of sp³-hybridized carbons (Fsp3) is 0.308. The van der Waals surface area contributed by atoms with Crippen LogP contribution in [0.15, 0.2) is 23.4 Å². The maximum atomic E-state index is 10.6. The van der Waals surface area contributed by atoms with Crippen LogP contribution in [-0.2, 0) is 17.6 Å². The van der Waals surface area contributed by atoms with Gasteiger partial charge in [0, 0.05) is 5.56 Å². The van der Waals surface area contributed by atoms with Crippen LogP contribution in [0.3, 0.4) is 0 Å². The maximum absolute atomic E-state index is 10.6. The van der Waals surface area contributed by atoms with Crippen LogP contribution >= 0.6 is 11.8 Å². The molecule has 0 radical (unpaired) electrons. The second-order valence-electron chi connectivity index (χ2n) is 4.70. The van der Waals surface area contributed by atoms with Crippen molar-refractivity contribution >= 4 is 17.7 Å². The normalized spacial score (nSPS) is 13.4. The number of nitrogens with zero attached hydrogens (tertiary/aromatic N) is 3. The summed E-state index contributed by atoms with van der Waals surface area (Å²) in [6.07, 6.45) is 3.40. The highest BCUT2D eigenvalue weighted by Gasteiger charge is 2.16. The maximum Gasteiger partial charge on any atom is 0.313 e. The third kappa shape index (κ3) is 2.36. The summed E-state index contributed by atoms with van der Waals surface area (Å²) in [6, 6.07) is 6.20. The Kier molecular flexibility index (Phi) is 3.35. The molecule has 1 aliphatic carbocycles. The molecule has 0 saturated heterocycles. The molecule has 0 atom stereocenters. The van der Waals surface area contributed by atoms with E-state index in [0.717, 1.165) is 30.2 Å². The lowest BCUT2D eigenvalue weighted by Gasteiger charge is -2.05. The topological polar surface area (TPSA) is 94.0 Å². The van der Waals surface area contributed by atoms with E-state index in [9.17, 15) is 4.79 Å². The Hall–Kier alpha value is -2.02. The number of hydrogen-bond acceptors (Lipinski definition) is 5. The van der Waals surface area contributed by atoms with E-state index in [4.69, 9.17) is 10.9 Å². The zero-order valence-corrected chi connectivity index (χ0v) is 11.6. The SMILES string of the molecule is Nn1c(SCC(=O)O)nnc1-c1ccc2c(c1)CCC2. The molecular weight excluding hydrogens is 276 g/mol. The largest absolute Gasteiger partial charge is 0.481 e. The molecule has 2 aromatic rings. The highest BCUT2D eigenvalue weighted by atomic mass is 32.2. The Labute approximate surface area is 120 Å². The summed E-state index contributed by atoms with van der Waals surface area (Å²) in [5, 5.41) is 17.1. The number of carboxylic acids is 1. The van der Waals surface area contributed by atoms with Crippen LogP contribution in [0.1, 0.15) is 17.5 Å². The number of aliphatic carboxylic acids is 1. The van der Waals surface area contributed by atoms with Crippen LogP contribution in [0.2, 0.25) is 0 Å². The number of carboxylic acid groups (broad SMARTS) is 1. The molecule has 0 unspecified atom stereocenters. The van der Waals surface area contributed by atoms with Gasteiger partial charge in [-0.15, -0.1) is 10.2 Å². The summed E-state index contributed by atoms with van der Waals surface area (Å²) >= 11 is 1.06. The van der Waals surface area contributed by atoms with E-state index in [2.05, 4.69) is 22.3 Å². The Morgan fingerprint density at radius 2 is 2.15 bits per heavy atom. The number of thioether (sulfide) groups is 1. The molecule has 0 spiro atoms. The van der Waals surface area contributed by atoms with Gasteiger partial charge in [0.15, 0.2) is 5.82 Å². The van der Waals surface area contributed by atoms with Gasteiger partial charge in [-0.25, -0.2) is 4.68 Å². The zero-order chi connectivity index (χ0) is 14.1. The zero-order valence-electron chi connectivity index (χ0n) is 10.7.